The van der Waals surface area contributed by atoms with Gasteiger partial charge in [-0.25, -0.2) is 0 Å². The molecule has 6 nitrogen and oxygen atoms in total. The van der Waals surface area contributed by atoms with Crippen LogP contribution >= 0.6 is 0 Å². The number of carbonyl (C=O) groups is 2. The highest BCUT2D eigenvalue weighted by atomic mass is 16.2. The second kappa shape index (κ2) is 8.96. The third kappa shape index (κ3) is 6.37. The summed E-state index contributed by atoms with van der Waals surface area (Å²) in [7, 11) is 3.66. The first-order chi connectivity index (χ1) is 11.9. The first-order valence-corrected chi connectivity index (χ1v) is 8.09. The average molecular weight is 340 g/mol. The Kier molecular flexibility index (Phi) is 6.68. The van der Waals surface area contributed by atoms with E-state index in [-0.39, 0.29) is 11.8 Å². The maximum absolute atomic E-state index is 12.2. The van der Waals surface area contributed by atoms with Crippen LogP contribution in [-0.4, -0.2) is 43.4 Å². The normalized spacial score (nSPS) is 11.8. The van der Waals surface area contributed by atoms with E-state index in [4.69, 9.17) is 5.73 Å². The van der Waals surface area contributed by atoms with Gasteiger partial charge in [-0.2, -0.15) is 0 Å². The molecule has 132 valence electrons. The molecular formula is C19H24N4O2. The van der Waals surface area contributed by atoms with Crippen LogP contribution in [0.5, 0.6) is 0 Å². The van der Waals surface area contributed by atoms with Crippen LogP contribution in [0.15, 0.2) is 54.6 Å². The van der Waals surface area contributed by atoms with Crippen molar-refractivity contribution in [1.29, 1.82) is 0 Å². The fourth-order valence-corrected chi connectivity index (χ4v) is 2.32. The quantitative estimate of drug-likeness (QED) is 0.716. The number of hydrogen-bond donors (Lipinski definition) is 3. The van der Waals surface area contributed by atoms with Crippen molar-refractivity contribution in [2.45, 2.75) is 12.5 Å². The third-order valence-corrected chi connectivity index (χ3v) is 3.53. The summed E-state index contributed by atoms with van der Waals surface area (Å²) < 4.78 is 0. The minimum absolute atomic E-state index is 0.0910. The second-order valence-corrected chi connectivity index (χ2v) is 6.15. The summed E-state index contributed by atoms with van der Waals surface area (Å²) in [4.78, 5) is 25.7. The van der Waals surface area contributed by atoms with Crippen molar-refractivity contribution in [3.05, 3.63) is 60.2 Å². The molecule has 0 aliphatic rings. The summed E-state index contributed by atoms with van der Waals surface area (Å²) in [6, 6.07) is 16.0. The Morgan fingerprint density at radius 1 is 0.960 bits per heavy atom. The van der Waals surface area contributed by atoms with Gasteiger partial charge in [0.25, 0.3) is 0 Å². The molecule has 0 radical (unpaired) electrons. The predicted octanol–water partition coefficient (Wildman–Crippen LogP) is 1.70. The Balaban J connectivity index is 1.87. The van der Waals surface area contributed by atoms with E-state index in [0.29, 0.717) is 24.3 Å². The van der Waals surface area contributed by atoms with Gasteiger partial charge in [0.15, 0.2) is 0 Å². The minimum atomic E-state index is -0.623. The number of carbonyl (C=O) groups excluding carboxylic acids is 2. The molecule has 0 aromatic heterocycles. The van der Waals surface area contributed by atoms with Crippen LogP contribution in [0.2, 0.25) is 0 Å². The molecule has 0 aliphatic heterocycles. The number of nitrogens with one attached hydrogen (secondary N) is 2. The fourth-order valence-electron chi connectivity index (χ4n) is 2.32. The molecule has 1 atom stereocenters. The van der Waals surface area contributed by atoms with Crippen molar-refractivity contribution >= 4 is 23.2 Å². The summed E-state index contributed by atoms with van der Waals surface area (Å²) in [5, 5.41) is 5.58. The van der Waals surface area contributed by atoms with E-state index < -0.39 is 6.04 Å². The van der Waals surface area contributed by atoms with Gasteiger partial charge in [-0.15, -0.1) is 0 Å². The SMILES string of the molecule is CN(C)CC(=O)Nc1ccc(NC(=O)C(N)Cc2ccccc2)cc1. The summed E-state index contributed by atoms with van der Waals surface area (Å²) in [5.41, 5.74) is 8.30. The Labute approximate surface area is 148 Å². The molecule has 2 aromatic rings. The fraction of sp³-hybridized carbons (Fsp3) is 0.263. The van der Waals surface area contributed by atoms with Gasteiger partial charge in [0.2, 0.25) is 11.8 Å². The maximum atomic E-state index is 12.2. The summed E-state index contributed by atoms with van der Waals surface area (Å²) >= 11 is 0. The van der Waals surface area contributed by atoms with E-state index in [9.17, 15) is 9.59 Å². The smallest absolute Gasteiger partial charge is 0.241 e. The number of rotatable bonds is 7. The van der Waals surface area contributed by atoms with Crippen LogP contribution < -0.4 is 16.4 Å². The topological polar surface area (TPSA) is 87.5 Å². The van der Waals surface area contributed by atoms with Gasteiger partial charge >= 0.3 is 0 Å². The standard InChI is InChI=1S/C19H24N4O2/c1-23(2)13-18(24)21-15-8-10-16(11-9-15)22-19(25)17(20)12-14-6-4-3-5-7-14/h3-11,17H,12-13,20H2,1-2H3,(H,21,24)(H,22,25). The van der Waals surface area contributed by atoms with Crippen molar-refractivity contribution in [1.82, 2.24) is 4.90 Å². The van der Waals surface area contributed by atoms with E-state index in [1.807, 2.05) is 44.4 Å². The number of hydrogen-bond acceptors (Lipinski definition) is 4. The van der Waals surface area contributed by atoms with E-state index in [1.54, 1.807) is 29.2 Å². The average Bonchev–Trinajstić information content (AvgIpc) is 2.56. The largest absolute Gasteiger partial charge is 0.325 e. The Morgan fingerprint density at radius 3 is 2.08 bits per heavy atom. The van der Waals surface area contributed by atoms with E-state index >= 15 is 0 Å². The highest BCUT2D eigenvalue weighted by molar-refractivity contribution is 5.96. The molecular weight excluding hydrogens is 316 g/mol. The first kappa shape index (κ1) is 18.6. The lowest BCUT2D eigenvalue weighted by Gasteiger charge is -2.13. The summed E-state index contributed by atoms with van der Waals surface area (Å²) in [6.45, 7) is 0.312. The molecule has 4 N–H and O–H groups in total. The molecule has 0 heterocycles. The summed E-state index contributed by atoms with van der Waals surface area (Å²) in [6.07, 6.45) is 0.478. The molecule has 0 aliphatic carbocycles. The van der Waals surface area contributed by atoms with Gasteiger partial charge < -0.3 is 21.3 Å². The molecule has 25 heavy (non-hydrogen) atoms. The number of nitrogens with zero attached hydrogens (tertiary/aromatic N) is 1. The molecule has 0 saturated carbocycles. The monoisotopic (exact) mass is 340 g/mol. The number of likely N-dealkylation sites (N-methyl/N-ethyl adjacent to an activating group) is 1. The van der Waals surface area contributed by atoms with E-state index in [0.717, 1.165) is 5.56 Å². The van der Waals surface area contributed by atoms with E-state index in [2.05, 4.69) is 10.6 Å². The first-order valence-electron chi connectivity index (χ1n) is 8.09. The van der Waals surface area contributed by atoms with Crippen LogP contribution in [0.3, 0.4) is 0 Å². The molecule has 0 spiro atoms. The number of amides is 2. The zero-order chi connectivity index (χ0) is 18.2. The van der Waals surface area contributed by atoms with Gasteiger partial charge in [-0.05, 0) is 50.3 Å². The van der Waals surface area contributed by atoms with E-state index in [1.165, 1.54) is 0 Å². The van der Waals surface area contributed by atoms with Crippen molar-refractivity contribution in [3.8, 4) is 0 Å². The minimum Gasteiger partial charge on any atom is -0.325 e. The number of nitrogens with two attached hydrogens (primary N) is 1. The van der Waals surface area contributed by atoms with Crippen molar-refractivity contribution in [2.75, 3.05) is 31.3 Å². The second-order valence-electron chi connectivity index (χ2n) is 6.15. The number of anilines is 2. The van der Waals surface area contributed by atoms with Crippen LogP contribution in [0.4, 0.5) is 11.4 Å². The summed E-state index contributed by atoms with van der Waals surface area (Å²) in [5.74, 6) is -0.333. The molecule has 1 unspecified atom stereocenters. The zero-order valence-corrected chi connectivity index (χ0v) is 14.5. The van der Waals surface area contributed by atoms with Crippen LogP contribution in [0.25, 0.3) is 0 Å². The van der Waals surface area contributed by atoms with Crippen LogP contribution in [-0.2, 0) is 16.0 Å². The lowest BCUT2D eigenvalue weighted by molar-refractivity contribution is -0.117. The predicted molar refractivity (Wildman–Crippen MR) is 100 cm³/mol. The van der Waals surface area contributed by atoms with Gasteiger partial charge in [0.1, 0.15) is 0 Å². The Bertz CT molecular complexity index is 699. The Hall–Kier alpha value is -2.70. The molecule has 0 saturated heterocycles. The van der Waals surface area contributed by atoms with Crippen molar-refractivity contribution < 1.29 is 9.59 Å². The van der Waals surface area contributed by atoms with Crippen molar-refractivity contribution in [2.24, 2.45) is 5.73 Å². The maximum Gasteiger partial charge on any atom is 0.241 e. The van der Waals surface area contributed by atoms with Crippen LogP contribution in [0.1, 0.15) is 5.56 Å². The number of benzene rings is 2. The third-order valence-electron chi connectivity index (χ3n) is 3.53. The zero-order valence-electron chi connectivity index (χ0n) is 14.5. The van der Waals surface area contributed by atoms with Gasteiger partial charge in [-0.3, -0.25) is 9.59 Å². The van der Waals surface area contributed by atoms with Crippen molar-refractivity contribution in [3.63, 3.8) is 0 Å². The lowest BCUT2D eigenvalue weighted by atomic mass is 10.1. The molecule has 0 bridgehead atoms. The molecule has 6 heteroatoms. The molecule has 0 fully saturated rings. The Morgan fingerprint density at radius 2 is 1.52 bits per heavy atom. The lowest BCUT2D eigenvalue weighted by Crippen LogP contribution is -2.37. The highest BCUT2D eigenvalue weighted by Gasteiger charge is 2.14. The van der Waals surface area contributed by atoms with Gasteiger partial charge in [0, 0.05) is 11.4 Å². The molecule has 2 amide bonds. The highest BCUT2D eigenvalue weighted by Crippen LogP contribution is 2.14. The van der Waals surface area contributed by atoms with Crippen LogP contribution in [0, 0.1) is 0 Å². The van der Waals surface area contributed by atoms with Gasteiger partial charge in [-0.1, -0.05) is 30.3 Å². The van der Waals surface area contributed by atoms with Gasteiger partial charge in [0.05, 0.1) is 12.6 Å². The molecule has 2 rings (SSSR count). The molecule has 2 aromatic carbocycles.